The van der Waals surface area contributed by atoms with Gasteiger partial charge in [-0.25, -0.2) is 0 Å². The minimum absolute atomic E-state index is 0.0155. The molecule has 0 bridgehead atoms. The van der Waals surface area contributed by atoms with Gasteiger partial charge in [-0.2, -0.15) is 0 Å². The van der Waals surface area contributed by atoms with E-state index in [1.807, 2.05) is 0 Å². The summed E-state index contributed by atoms with van der Waals surface area (Å²) in [7, 11) is 0. The minimum atomic E-state index is -0.664. The summed E-state index contributed by atoms with van der Waals surface area (Å²) in [4.78, 5) is 24.7. The van der Waals surface area contributed by atoms with Gasteiger partial charge < -0.3 is 20.3 Å². The number of aliphatic hydroxyl groups is 2. The lowest BCUT2D eigenvalue weighted by atomic mass is 10.0. The zero-order valence-electron chi connectivity index (χ0n) is 60.0. The second-order valence-electron chi connectivity index (χ2n) is 28.1. The molecule has 0 heterocycles. The summed E-state index contributed by atoms with van der Waals surface area (Å²) in [5.74, 6) is -0.0117. The number of unbranched alkanes of at least 4 members (excludes halogenated alkanes) is 62. The van der Waals surface area contributed by atoms with Crippen molar-refractivity contribution in [2.75, 3.05) is 13.2 Å². The number of rotatable bonds is 77. The lowest BCUT2D eigenvalue weighted by Crippen LogP contribution is -2.45. The lowest BCUT2D eigenvalue weighted by Gasteiger charge is -2.22. The van der Waals surface area contributed by atoms with Crippen molar-refractivity contribution in [1.82, 2.24) is 5.32 Å². The van der Waals surface area contributed by atoms with E-state index in [1.165, 1.54) is 385 Å². The van der Waals surface area contributed by atoms with Gasteiger partial charge in [0, 0.05) is 12.8 Å². The Balaban J connectivity index is 3.36. The molecule has 2 unspecified atom stereocenters. The first-order chi connectivity index (χ1) is 43.5. The van der Waals surface area contributed by atoms with Crippen molar-refractivity contribution in [2.45, 2.75) is 475 Å². The Bertz CT molecular complexity index is 1380. The van der Waals surface area contributed by atoms with E-state index in [4.69, 9.17) is 4.74 Å². The Morgan fingerprint density at radius 1 is 0.307 bits per heavy atom. The molecule has 2 atom stereocenters. The highest BCUT2D eigenvalue weighted by Crippen LogP contribution is 2.20. The van der Waals surface area contributed by atoms with Gasteiger partial charge in [-0.1, -0.05) is 398 Å². The zero-order chi connectivity index (χ0) is 63.5. The molecule has 0 aliphatic carbocycles. The van der Waals surface area contributed by atoms with Crippen LogP contribution in [0, 0.1) is 0 Å². The molecular formula is C82H159NO5. The lowest BCUT2D eigenvalue weighted by molar-refractivity contribution is -0.143. The first-order valence-electron chi connectivity index (χ1n) is 40.6. The molecule has 0 aliphatic rings. The van der Waals surface area contributed by atoms with E-state index in [0.717, 1.165) is 44.9 Å². The van der Waals surface area contributed by atoms with Crippen LogP contribution in [0.1, 0.15) is 463 Å². The van der Waals surface area contributed by atoms with Gasteiger partial charge in [-0.05, 0) is 77.0 Å². The summed E-state index contributed by atoms with van der Waals surface area (Å²) < 4.78 is 5.51. The standard InChI is InChI=1S/C82H159NO5/c1-3-5-7-9-11-13-15-17-19-21-22-23-33-36-39-43-46-50-54-58-62-66-70-74-80(85)79(78-84)83-81(86)75-71-67-63-59-55-51-47-44-40-37-34-31-29-27-25-24-26-28-30-32-35-38-41-45-49-53-57-61-65-69-73-77-88-82(87)76-72-68-64-60-56-52-48-42-20-18-16-14-12-10-8-6-4-2/h18,20,26,28,79-80,84-85H,3-17,19,21-25,27,29-78H2,1-2H3,(H,83,86)/b20-18-,28-26-. The number of esters is 1. The molecule has 0 radical (unpaired) electrons. The molecule has 0 saturated heterocycles. The van der Waals surface area contributed by atoms with Gasteiger partial charge in [0.1, 0.15) is 0 Å². The number of aliphatic hydroxyl groups excluding tert-OH is 2. The van der Waals surface area contributed by atoms with Crippen molar-refractivity contribution in [2.24, 2.45) is 0 Å². The third-order valence-corrected chi connectivity index (χ3v) is 19.2. The summed E-state index contributed by atoms with van der Waals surface area (Å²) in [6, 6.07) is -0.541. The zero-order valence-corrected chi connectivity index (χ0v) is 60.0. The molecule has 0 aromatic carbocycles. The Labute approximate surface area is 551 Å². The average molecular weight is 1240 g/mol. The molecule has 0 aliphatic heterocycles. The third kappa shape index (κ3) is 73.4. The molecule has 88 heavy (non-hydrogen) atoms. The summed E-state index contributed by atoms with van der Waals surface area (Å²) in [6.45, 7) is 5.00. The Kier molecular flexibility index (Phi) is 76.3. The van der Waals surface area contributed by atoms with Crippen molar-refractivity contribution in [3.8, 4) is 0 Å². The topological polar surface area (TPSA) is 95.9 Å². The molecule has 0 rings (SSSR count). The van der Waals surface area contributed by atoms with E-state index in [0.29, 0.717) is 25.9 Å². The van der Waals surface area contributed by atoms with Gasteiger partial charge >= 0.3 is 5.97 Å². The Hall–Kier alpha value is -1.66. The molecule has 0 aromatic rings. The molecule has 0 saturated carbocycles. The number of hydrogen-bond acceptors (Lipinski definition) is 5. The van der Waals surface area contributed by atoms with E-state index in [1.54, 1.807) is 0 Å². The van der Waals surface area contributed by atoms with Crippen LogP contribution in [-0.4, -0.2) is 47.4 Å². The molecule has 6 nitrogen and oxygen atoms in total. The van der Waals surface area contributed by atoms with E-state index >= 15 is 0 Å². The average Bonchev–Trinajstić information content (AvgIpc) is 3.58. The monoisotopic (exact) mass is 1240 g/mol. The van der Waals surface area contributed by atoms with Crippen LogP contribution in [0.5, 0.6) is 0 Å². The van der Waals surface area contributed by atoms with Crippen molar-refractivity contribution < 1.29 is 24.5 Å². The SMILES string of the molecule is CCCCCCCC/C=C\CCCCCCCCCC(=O)OCCCCCCCCCCCCCC/C=C\CCCCCCCCCCCCCCCCCC(=O)NC(CO)C(O)CCCCCCCCCCCCCCCCCCCCCCCCC. The highest BCUT2D eigenvalue weighted by Gasteiger charge is 2.20. The summed E-state index contributed by atoms with van der Waals surface area (Å²) in [6.07, 6.45) is 99.9. The number of allylic oxidation sites excluding steroid dienone is 4. The van der Waals surface area contributed by atoms with Crippen LogP contribution in [-0.2, 0) is 14.3 Å². The van der Waals surface area contributed by atoms with Gasteiger partial charge in [-0.3, -0.25) is 9.59 Å². The van der Waals surface area contributed by atoms with Crippen LogP contribution < -0.4 is 5.32 Å². The highest BCUT2D eigenvalue weighted by molar-refractivity contribution is 5.76. The van der Waals surface area contributed by atoms with E-state index < -0.39 is 12.1 Å². The maximum Gasteiger partial charge on any atom is 0.305 e. The molecule has 0 fully saturated rings. The molecule has 522 valence electrons. The number of amides is 1. The number of carbonyl (C=O) groups is 2. The van der Waals surface area contributed by atoms with Crippen LogP contribution in [0.4, 0.5) is 0 Å². The first-order valence-corrected chi connectivity index (χ1v) is 40.6. The number of ether oxygens (including phenoxy) is 1. The first kappa shape index (κ1) is 86.3. The fourth-order valence-corrected chi connectivity index (χ4v) is 13.0. The summed E-state index contributed by atoms with van der Waals surface area (Å²) in [5, 5.41) is 23.5. The molecule has 6 heteroatoms. The molecule has 0 spiro atoms. The molecular weight excluding hydrogens is 1080 g/mol. The van der Waals surface area contributed by atoms with Gasteiger partial charge in [0.05, 0.1) is 25.4 Å². The maximum absolute atomic E-state index is 12.6. The quantitative estimate of drug-likeness (QED) is 0.0320. The van der Waals surface area contributed by atoms with Crippen molar-refractivity contribution in [1.29, 1.82) is 0 Å². The van der Waals surface area contributed by atoms with Gasteiger partial charge in [0.25, 0.3) is 0 Å². The van der Waals surface area contributed by atoms with Gasteiger partial charge in [-0.15, -0.1) is 0 Å². The largest absolute Gasteiger partial charge is 0.466 e. The fraction of sp³-hybridized carbons (Fsp3) is 0.927. The van der Waals surface area contributed by atoms with Crippen LogP contribution in [0.2, 0.25) is 0 Å². The minimum Gasteiger partial charge on any atom is -0.466 e. The van der Waals surface area contributed by atoms with E-state index in [9.17, 15) is 19.8 Å². The number of hydrogen-bond donors (Lipinski definition) is 3. The van der Waals surface area contributed by atoms with Crippen LogP contribution in [0.3, 0.4) is 0 Å². The second kappa shape index (κ2) is 77.8. The fourth-order valence-electron chi connectivity index (χ4n) is 13.0. The molecule has 3 N–H and O–H groups in total. The summed E-state index contributed by atoms with van der Waals surface area (Å²) >= 11 is 0. The van der Waals surface area contributed by atoms with Crippen LogP contribution >= 0.6 is 0 Å². The van der Waals surface area contributed by atoms with Gasteiger partial charge in [0.2, 0.25) is 5.91 Å². The second-order valence-corrected chi connectivity index (χ2v) is 28.1. The van der Waals surface area contributed by atoms with Gasteiger partial charge in [0.15, 0.2) is 0 Å². The predicted molar refractivity (Wildman–Crippen MR) is 389 cm³/mol. The number of nitrogens with one attached hydrogen (secondary N) is 1. The normalized spacial score (nSPS) is 12.5. The summed E-state index contributed by atoms with van der Waals surface area (Å²) in [5.41, 5.74) is 0. The van der Waals surface area contributed by atoms with E-state index in [-0.39, 0.29) is 18.5 Å². The third-order valence-electron chi connectivity index (χ3n) is 19.2. The van der Waals surface area contributed by atoms with Crippen LogP contribution in [0.25, 0.3) is 0 Å². The van der Waals surface area contributed by atoms with Crippen molar-refractivity contribution >= 4 is 11.9 Å². The molecule has 1 amide bonds. The van der Waals surface area contributed by atoms with Crippen molar-refractivity contribution in [3.63, 3.8) is 0 Å². The van der Waals surface area contributed by atoms with E-state index in [2.05, 4.69) is 43.5 Å². The maximum atomic E-state index is 12.6. The Morgan fingerprint density at radius 2 is 0.534 bits per heavy atom. The smallest absolute Gasteiger partial charge is 0.305 e. The van der Waals surface area contributed by atoms with Crippen molar-refractivity contribution in [3.05, 3.63) is 24.3 Å². The highest BCUT2D eigenvalue weighted by atomic mass is 16.5. The molecule has 0 aromatic heterocycles. The van der Waals surface area contributed by atoms with Crippen LogP contribution in [0.15, 0.2) is 24.3 Å². The predicted octanol–water partition coefficient (Wildman–Crippen LogP) is 26.8. The Morgan fingerprint density at radius 3 is 0.807 bits per heavy atom. The number of carbonyl (C=O) groups excluding carboxylic acids is 2.